The molecule has 0 N–H and O–H groups in total. The van der Waals surface area contributed by atoms with Gasteiger partial charge < -0.3 is 23.8 Å². The minimum absolute atomic E-state index is 0.0108. The molecule has 1 aliphatic heterocycles. The quantitative estimate of drug-likeness (QED) is 0.655. The van der Waals surface area contributed by atoms with Crippen LogP contribution in [-0.4, -0.2) is 49.3 Å². The van der Waals surface area contributed by atoms with Gasteiger partial charge in [-0.3, -0.25) is 4.68 Å². The lowest BCUT2D eigenvalue weighted by Crippen LogP contribution is -2.38. The predicted octanol–water partition coefficient (Wildman–Crippen LogP) is 1.84. The number of aryl methyl sites for hydroxylation is 1. The van der Waals surface area contributed by atoms with Crippen molar-refractivity contribution < 1.29 is 32.9 Å². The van der Waals surface area contributed by atoms with Crippen molar-refractivity contribution in [3.63, 3.8) is 0 Å². The van der Waals surface area contributed by atoms with Crippen molar-refractivity contribution in [1.29, 1.82) is 0 Å². The summed E-state index contributed by atoms with van der Waals surface area (Å²) in [6, 6.07) is 4.19. The minimum atomic E-state index is -0.758. The van der Waals surface area contributed by atoms with Crippen LogP contribution in [0.4, 0.5) is 10.1 Å². The van der Waals surface area contributed by atoms with E-state index < -0.39 is 17.8 Å². The van der Waals surface area contributed by atoms with Gasteiger partial charge in [0.2, 0.25) is 0 Å². The zero-order chi connectivity index (χ0) is 21.8. The normalized spacial score (nSPS) is 14.0. The summed E-state index contributed by atoms with van der Waals surface area (Å²) >= 11 is 0. The van der Waals surface area contributed by atoms with Crippen LogP contribution in [0.25, 0.3) is 0 Å². The van der Waals surface area contributed by atoms with Crippen LogP contribution in [0.2, 0.25) is 0 Å². The molecule has 0 radical (unpaired) electrons. The molecule has 0 spiro atoms. The number of hydrogen-bond acceptors (Lipinski definition) is 8. The van der Waals surface area contributed by atoms with Crippen molar-refractivity contribution in [1.82, 2.24) is 9.78 Å². The molecular formula is C20H22FN3O6. The molecule has 9 nitrogen and oxygen atoms in total. The third-order valence-corrected chi connectivity index (χ3v) is 4.78. The van der Waals surface area contributed by atoms with E-state index in [2.05, 4.69) is 5.10 Å². The largest absolute Gasteiger partial charge is 0.486 e. The monoisotopic (exact) mass is 419 g/mol. The second-order valence-electron chi connectivity index (χ2n) is 6.50. The number of methoxy groups -OCH3 is 2. The van der Waals surface area contributed by atoms with Crippen LogP contribution in [0.15, 0.2) is 35.7 Å². The molecule has 1 aliphatic rings. The van der Waals surface area contributed by atoms with Gasteiger partial charge in [-0.2, -0.15) is 5.10 Å². The first-order valence-corrected chi connectivity index (χ1v) is 9.02. The first-order valence-electron chi connectivity index (χ1n) is 9.02. The average molecular weight is 419 g/mol. The maximum atomic E-state index is 14.7. The van der Waals surface area contributed by atoms with E-state index >= 15 is 0 Å². The van der Waals surface area contributed by atoms with E-state index in [-0.39, 0.29) is 37.0 Å². The summed E-state index contributed by atoms with van der Waals surface area (Å²) in [7, 11) is 4.19. The van der Waals surface area contributed by atoms with Gasteiger partial charge in [0.25, 0.3) is 0 Å². The van der Waals surface area contributed by atoms with Gasteiger partial charge in [0.1, 0.15) is 19.0 Å². The predicted molar refractivity (Wildman–Crippen MR) is 103 cm³/mol. The van der Waals surface area contributed by atoms with Crippen LogP contribution in [0.5, 0.6) is 5.75 Å². The number of benzene rings is 1. The molecule has 0 unspecified atom stereocenters. The molecule has 0 aliphatic carbocycles. The molecular weight excluding hydrogens is 397 g/mol. The third kappa shape index (κ3) is 4.13. The van der Waals surface area contributed by atoms with Crippen LogP contribution < -0.4 is 9.64 Å². The molecule has 0 amide bonds. The lowest BCUT2D eigenvalue weighted by Gasteiger charge is -2.31. The zero-order valence-electron chi connectivity index (χ0n) is 17.1. The van der Waals surface area contributed by atoms with Gasteiger partial charge in [0.15, 0.2) is 11.6 Å². The Morgan fingerprint density at radius 1 is 1.23 bits per heavy atom. The van der Waals surface area contributed by atoms with Crippen LogP contribution in [0.1, 0.15) is 11.3 Å². The highest BCUT2D eigenvalue weighted by atomic mass is 19.1. The van der Waals surface area contributed by atoms with Crippen LogP contribution >= 0.6 is 0 Å². The molecule has 0 saturated heterocycles. The maximum Gasteiger partial charge on any atom is 0.355 e. The molecule has 2 aromatic rings. The number of hydrogen-bond donors (Lipinski definition) is 0. The lowest BCUT2D eigenvalue weighted by atomic mass is 10.1. The van der Waals surface area contributed by atoms with Crippen LogP contribution in [0, 0.1) is 12.7 Å². The fraction of sp³-hybridized carbons (Fsp3) is 0.350. The Balaban J connectivity index is 1.87. The standard InChI is InChI=1S/C20H22FN3O6/c1-12-13(8-22-23(12)2)9-30-17-6-5-14(7-16(17)21)24-11-29-10-15(19(25)27-3)18(24)20(26)28-4/h5-8H,9-11H2,1-4H3. The van der Waals surface area contributed by atoms with Gasteiger partial charge in [-0.15, -0.1) is 0 Å². The SMILES string of the molecule is COC(=O)C1=C(C(=O)OC)N(c2ccc(OCc3cnn(C)c3C)c(F)c2)COC1. The molecule has 0 fully saturated rings. The number of aromatic nitrogens is 2. The van der Waals surface area contributed by atoms with Gasteiger partial charge in [0, 0.05) is 30.1 Å². The number of nitrogens with zero attached hydrogens (tertiary/aromatic N) is 3. The number of carbonyl (C=O) groups is 2. The molecule has 160 valence electrons. The Morgan fingerprint density at radius 2 is 1.97 bits per heavy atom. The van der Waals surface area contributed by atoms with Gasteiger partial charge >= 0.3 is 11.9 Å². The zero-order valence-corrected chi connectivity index (χ0v) is 17.1. The second-order valence-corrected chi connectivity index (χ2v) is 6.50. The highest BCUT2D eigenvalue weighted by Gasteiger charge is 2.32. The van der Waals surface area contributed by atoms with Crippen molar-refractivity contribution in [3.8, 4) is 5.75 Å². The Hall–Kier alpha value is -3.40. The second kappa shape index (κ2) is 8.95. The van der Waals surface area contributed by atoms with Crippen LogP contribution in [-0.2, 0) is 37.5 Å². The Labute approximate surface area is 172 Å². The van der Waals surface area contributed by atoms with Crippen molar-refractivity contribution in [2.75, 3.05) is 32.5 Å². The summed E-state index contributed by atoms with van der Waals surface area (Å²) in [5, 5.41) is 4.12. The molecule has 2 heterocycles. The van der Waals surface area contributed by atoms with Gasteiger partial charge in [-0.25, -0.2) is 14.0 Å². The molecule has 0 saturated carbocycles. The van der Waals surface area contributed by atoms with E-state index in [1.165, 1.54) is 31.3 Å². The summed E-state index contributed by atoms with van der Waals surface area (Å²) in [6.45, 7) is 1.85. The lowest BCUT2D eigenvalue weighted by molar-refractivity contribution is -0.140. The van der Waals surface area contributed by atoms with E-state index in [0.29, 0.717) is 5.69 Å². The molecule has 3 rings (SSSR count). The summed E-state index contributed by atoms with van der Waals surface area (Å²) in [6.07, 6.45) is 1.66. The van der Waals surface area contributed by atoms with E-state index in [4.69, 9.17) is 18.9 Å². The Morgan fingerprint density at radius 3 is 2.57 bits per heavy atom. The van der Waals surface area contributed by atoms with E-state index in [0.717, 1.165) is 11.3 Å². The topological polar surface area (TPSA) is 92.1 Å². The highest BCUT2D eigenvalue weighted by molar-refractivity contribution is 6.03. The molecule has 30 heavy (non-hydrogen) atoms. The van der Waals surface area contributed by atoms with Gasteiger partial charge in [0.05, 0.1) is 32.6 Å². The van der Waals surface area contributed by atoms with E-state index in [1.54, 1.807) is 16.9 Å². The van der Waals surface area contributed by atoms with Gasteiger partial charge in [-0.05, 0) is 19.1 Å². The average Bonchev–Trinajstić information content (AvgIpc) is 3.08. The third-order valence-electron chi connectivity index (χ3n) is 4.78. The van der Waals surface area contributed by atoms with Crippen LogP contribution in [0.3, 0.4) is 0 Å². The van der Waals surface area contributed by atoms with Crippen molar-refractivity contribution in [2.45, 2.75) is 13.5 Å². The maximum absolute atomic E-state index is 14.7. The molecule has 0 bridgehead atoms. The van der Waals surface area contributed by atoms with Gasteiger partial charge in [-0.1, -0.05) is 0 Å². The van der Waals surface area contributed by atoms with E-state index in [9.17, 15) is 14.0 Å². The summed E-state index contributed by atoms with van der Waals surface area (Å²) < 4.78 is 36.9. The van der Waals surface area contributed by atoms with Crippen molar-refractivity contribution in [3.05, 3.63) is 52.7 Å². The smallest absolute Gasteiger partial charge is 0.355 e. The number of anilines is 1. The molecule has 1 aromatic carbocycles. The Bertz CT molecular complexity index is 1000. The first kappa shape index (κ1) is 21.3. The van der Waals surface area contributed by atoms with Crippen molar-refractivity contribution in [2.24, 2.45) is 7.05 Å². The Kier molecular flexibility index (Phi) is 6.36. The summed E-state index contributed by atoms with van der Waals surface area (Å²) in [5.74, 6) is -2.08. The number of carbonyl (C=O) groups excluding carboxylic acids is 2. The highest BCUT2D eigenvalue weighted by Crippen LogP contribution is 2.30. The van der Waals surface area contributed by atoms with Crippen molar-refractivity contribution >= 4 is 17.6 Å². The number of esters is 2. The fourth-order valence-electron chi connectivity index (χ4n) is 2.96. The fourth-order valence-corrected chi connectivity index (χ4v) is 2.96. The van der Waals surface area contributed by atoms with E-state index in [1.807, 2.05) is 14.0 Å². The minimum Gasteiger partial charge on any atom is -0.486 e. The molecule has 0 atom stereocenters. The molecule has 1 aromatic heterocycles. The number of rotatable bonds is 6. The number of ether oxygens (including phenoxy) is 4. The number of halogens is 1. The first-order chi connectivity index (χ1) is 14.4. The molecule has 10 heteroatoms. The summed E-state index contributed by atoms with van der Waals surface area (Å²) in [4.78, 5) is 25.7. The summed E-state index contributed by atoms with van der Waals surface area (Å²) in [5.41, 5.74) is 1.97.